The average molecular weight is 650 g/mol. The van der Waals surface area contributed by atoms with Gasteiger partial charge in [0.2, 0.25) is 0 Å². The zero-order valence-corrected chi connectivity index (χ0v) is 30.3. The van der Waals surface area contributed by atoms with E-state index in [1.165, 1.54) is 83.3 Å². The van der Waals surface area contributed by atoms with Gasteiger partial charge in [0.15, 0.2) is 0 Å². The van der Waals surface area contributed by atoms with Crippen molar-refractivity contribution in [1.29, 1.82) is 5.41 Å². The zero-order chi connectivity index (χ0) is 33.6. The minimum Gasteiger partial charge on any atom is -0.313 e. The monoisotopic (exact) mass is 649 g/mol. The highest BCUT2D eigenvalue weighted by Gasteiger charge is 2.38. The van der Waals surface area contributed by atoms with Gasteiger partial charge in [-0.1, -0.05) is 116 Å². The molecule has 0 saturated heterocycles. The molecule has 7 rings (SSSR count). The molecule has 0 aromatic carbocycles. The molecule has 0 fully saturated rings. The second-order valence-electron chi connectivity index (χ2n) is 15.6. The van der Waals surface area contributed by atoms with Crippen LogP contribution in [0.3, 0.4) is 0 Å². The van der Waals surface area contributed by atoms with Crippen molar-refractivity contribution in [3.05, 3.63) is 142 Å². The molecule has 1 N–H and O–H groups in total. The number of unbranched alkanes of at least 4 members (excludes halogenated alkanes) is 1. The van der Waals surface area contributed by atoms with E-state index in [1.807, 2.05) is 0 Å². The lowest BCUT2D eigenvalue weighted by Crippen LogP contribution is -2.29. The van der Waals surface area contributed by atoms with E-state index in [1.54, 1.807) is 44.6 Å². The molecule has 0 radical (unpaired) electrons. The molecule has 0 saturated carbocycles. The number of hydrogen-bond acceptors (Lipinski definition) is 1. The molecule has 0 aliphatic heterocycles. The van der Waals surface area contributed by atoms with E-state index in [4.69, 9.17) is 5.41 Å². The van der Waals surface area contributed by atoms with Gasteiger partial charge in [-0.15, -0.1) is 0 Å². The lowest BCUT2D eigenvalue weighted by molar-refractivity contribution is 0.383. The third-order valence-electron chi connectivity index (χ3n) is 13.1. The molecule has 0 aromatic heterocycles. The van der Waals surface area contributed by atoms with E-state index in [2.05, 4.69) is 111 Å². The van der Waals surface area contributed by atoms with Crippen LogP contribution in [0.5, 0.6) is 0 Å². The van der Waals surface area contributed by atoms with Crippen LogP contribution < -0.4 is 0 Å². The van der Waals surface area contributed by atoms with Crippen molar-refractivity contribution < 1.29 is 0 Å². The lowest BCUT2D eigenvalue weighted by Gasteiger charge is -2.41. The number of hydrogen-bond donors (Lipinski definition) is 1. The molecule has 1 nitrogen and oxygen atoms in total. The molecule has 49 heavy (non-hydrogen) atoms. The van der Waals surface area contributed by atoms with Gasteiger partial charge >= 0.3 is 0 Å². The third kappa shape index (κ3) is 7.24. The van der Waals surface area contributed by atoms with Gasteiger partial charge < -0.3 is 5.41 Å². The summed E-state index contributed by atoms with van der Waals surface area (Å²) in [5, 5.41) is 7.36. The molecule has 0 amide bonds. The van der Waals surface area contributed by atoms with Gasteiger partial charge in [0.25, 0.3) is 0 Å². The van der Waals surface area contributed by atoms with Crippen LogP contribution in [-0.4, -0.2) is 6.21 Å². The molecule has 0 bridgehead atoms. The molecule has 0 aromatic rings. The minimum absolute atomic E-state index is 0.489. The molecule has 7 unspecified atom stereocenters. The van der Waals surface area contributed by atoms with E-state index in [0.717, 1.165) is 18.8 Å². The third-order valence-corrected chi connectivity index (χ3v) is 13.1. The molecule has 0 spiro atoms. The van der Waals surface area contributed by atoms with Crippen LogP contribution in [0, 0.1) is 46.8 Å². The molecule has 0 heterocycles. The van der Waals surface area contributed by atoms with Gasteiger partial charge in [-0.05, 0) is 159 Å². The Bertz CT molecular complexity index is 1630. The lowest BCUT2D eigenvalue weighted by atomic mass is 9.63. The SMILES string of the molecule is C/C=C(/C1=CC=C(C2=CCC(C3=C4C=CC=CC4C(C4=C5C=CCCC5C(/C=C/CCC=N)C=C4)CC3)CC2)CC1)C1C=CCCC1CC. The molecule has 7 aliphatic rings. The van der Waals surface area contributed by atoms with Crippen molar-refractivity contribution >= 4 is 6.21 Å². The van der Waals surface area contributed by atoms with Gasteiger partial charge in [0.1, 0.15) is 0 Å². The Morgan fingerprint density at radius 1 is 0.796 bits per heavy atom. The van der Waals surface area contributed by atoms with Crippen molar-refractivity contribution in [2.24, 2.45) is 41.4 Å². The topological polar surface area (TPSA) is 23.9 Å². The first kappa shape index (κ1) is 34.0. The van der Waals surface area contributed by atoms with Gasteiger partial charge in [0.05, 0.1) is 0 Å². The van der Waals surface area contributed by atoms with E-state index < -0.39 is 0 Å². The molecule has 7 aliphatic carbocycles. The first-order valence-corrected chi connectivity index (χ1v) is 19.9. The molecular weight excluding hydrogens is 591 g/mol. The summed E-state index contributed by atoms with van der Waals surface area (Å²) in [5.74, 6) is 4.24. The summed E-state index contributed by atoms with van der Waals surface area (Å²) in [6.07, 6.45) is 57.4. The minimum atomic E-state index is 0.489. The van der Waals surface area contributed by atoms with Gasteiger partial charge in [-0.2, -0.15) is 0 Å². The van der Waals surface area contributed by atoms with E-state index >= 15 is 0 Å². The fraction of sp³-hybridized carbons (Fsp3) is 0.479. The summed E-state index contributed by atoms with van der Waals surface area (Å²) >= 11 is 0. The summed E-state index contributed by atoms with van der Waals surface area (Å²) in [6.45, 7) is 4.63. The standard InChI is InChI=1S/C48H59N/c1-3-34-14-7-8-16-41(34)40(4-2)38-25-21-35(22-26-38)36-23-27-39(28-24-36)43-31-32-48(46-20-12-11-19-45(43)46)47-30-29-37(15-6-5-13-33-49)42-17-9-10-18-44(42)47/h4,6,8,10-12,15-16,18-21,23,25,29-30,33-34,37,39,41-42,46,48-49H,3,5,7,9,13-14,17,22,24,26-28,31-32H2,1-2H3/b15-6+,40-4-,49-33?. The maximum absolute atomic E-state index is 7.36. The van der Waals surface area contributed by atoms with Gasteiger partial charge in [0, 0.05) is 17.8 Å². The summed E-state index contributed by atoms with van der Waals surface area (Å²) in [4.78, 5) is 0. The maximum Gasteiger partial charge on any atom is 0.00897 e. The van der Waals surface area contributed by atoms with Crippen molar-refractivity contribution in [3.63, 3.8) is 0 Å². The second kappa shape index (κ2) is 16.1. The number of allylic oxidation sites excluding steroid dienone is 24. The second-order valence-corrected chi connectivity index (χ2v) is 15.6. The predicted molar refractivity (Wildman–Crippen MR) is 210 cm³/mol. The highest BCUT2D eigenvalue weighted by Crippen LogP contribution is 2.50. The Morgan fingerprint density at radius 2 is 1.69 bits per heavy atom. The number of fused-ring (bicyclic) bond motifs is 2. The number of rotatable bonds is 10. The average Bonchev–Trinajstić information content (AvgIpc) is 3.17. The Kier molecular flexibility index (Phi) is 11.1. The first-order chi connectivity index (χ1) is 24.2. The largest absolute Gasteiger partial charge is 0.313 e. The Morgan fingerprint density at radius 3 is 2.49 bits per heavy atom. The van der Waals surface area contributed by atoms with Crippen LogP contribution in [0.1, 0.15) is 104 Å². The molecule has 7 atom stereocenters. The highest BCUT2D eigenvalue weighted by molar-refractivity contribution is 5.53. The van der Waals surface area contributed by atoms with Crippen LogP contribution >= 0.6 is 0 Å². The summed E-state index contributed by atoms with van der Waals surface area (Å²) < 4.78 is 0. The van der Waals surface area contributed by atoms with Crippen LogP contribution in [0.2, 0.25) is 0 Å². The van der Waals surface area contributed by atoms with E-state index in [0.29, 0.717) is 35.5 Å². The van der Waals surface area contributed by atoms with E-state index in [9.17, 15) is 0 Å². The Hall–Kier alpha value is -3.45. The Labute approximate surface area is 297 Å². The quantitative estimate of drug-likeness (QED) is 0.138. The molecule has 1 heteroatoms. The number of nitrogens with one attached hydrogen (secondary N) is 1. The van der Waals surface area contributed by atoms with Crippen molar-refractivity contribution in [2.75, 3.05) is 0 Å². The van der Waals surface area contributed by atoms with Crippen LogP contribution in [0.25, 0.3) is 0 Å². The van der Waals surface area contributed by atoms with Crippen molar-refractivity contribution in [3.8, 4) is 0 Å². The fourth-order valence-electron chi connectivity index (χ4n) is 10.4. The summed E-state index contributed by atoms with van der Waals surface area (Å²) in [5.41, 5.74) is 13.0. The fourth-order valence-corrected chi connectivity index (χ4v) is 10.4. The van der Waals surface area contributed by atoms with Crippen molar-refractivity contribution in [2.45, 2.75) is 104 Å². The first-order valence-electron chi connectivity index (χ1n) is 19.9. The van der Waals surface area contributed by atoms with Crippen LogP contribution in [0.15, 0.2) is 142 Å². The van der Waals surface area contributed by atoms with Crippen molar-refractivity contribution in [1.82, 2.24) is 0 Å². The molecular formula is C48H59N. The van der Waals surface area contributed by atoms with Gasteiger partial charge in [-0.25, -0.2) is 0 Å². The van der Waals surface area contributed by atoms with Crippen LogP contribution in [0.4, 0.5) is 0 Å². The molecule has 256 valence electrons. The van der Waals surface area contributed by atoms with Crippen LogP contribution in [-0.2, 0) is 0 Å². The normalized spacial score (nSPS) is 33.0. The van der Waals surface area contributed by atoms with Gasteiger partial charge in [-0.3, -0.25) is 0 Å². The summed E-state index contributed by atoms with van der Waals surface area (Å²) in [7, 11) is 0. The summed E-state index contributed by atoms with van der Waals surface area (Å²) in [6, 6.07) is 0. The predicted octanol–water partition coefficient (Wildman–Crippen LogP) is 13.2. The smallest absolute Gasteiger partial charge is 0.00897 e. The van der Waals surface area contributed by atoms with E-state index in [-0.39, 0.29) is 0 Å². The highest BCUT2D eigenvalue weighted by atomic mass is 14.4. The maximum atomic E-state index is 7.36. The Balaban J connectivity index is 1.06. The zero-order valence-electron chi connectivity index (χ0n) is 30.3.